The van der Waals surface area contributed by atoms with Crippen molar-refractivity contribution >= 4 is 26.0 Å². The first-order valence-electron chi connectivity index (χ1n) is 3.40. The van der Waals surface area contributed by atoms with Gasteiger partial charge in [0.2, 0.25) is 16.0 Å². The second-order valence-electron chi connectivity index (χ2n) is 2.49. The van der Waals surface area contributed by atoms with Crippen LogP contribution in [0.25, 0.3) is 0 Å². The summed E-state index contributed by atoms with van der Waals surface area (Å²) in [7, 11) is -4.34. The number of aromatic nitrogens is 1. The van der Waals surface area contributed by atoms with E-state index in [-0.39, 0.29) is 4.47 Å². The number of sulfonamides is 1. The Kier molecular flexibility index (Phi) is 3.36. The summed E-state index contributed by atoms with van der Waals surface area (Å²) >= 11 is 2.63. The van der Waals surface area contributed by atoms with Crippen LogP contribution in [0.1, 0.15) is 12.1 Å². The summed E-state index contributed by atoms with van der Waals surface area (Å²) in [6.07, 6.45) is -3.00. The molecular formula is C6H4BrF3N2O2S. The lowest BCUT2D eigenvalue weighted by atomic mass is 10.3. The van der Waals surface area contributed by atoms with Gasteiger partial charge in [-0.2, -0.15) is 4.39 Å². The number of primary sulfonamides is 1. The summed E-state index contributed by atoms with van der Waals surface area (Å²) in [5.74, 6) is -1.55. The van der Waals surface area contributed by atoms with Crippen LogP contribution < -0.4 is 5.14 Å². The first-order chi connectivity index (χ1) is 6.73. The van der Waals surface area contributed by atoms with Crippen LogP contribution in [0, 0.1) is 5.95 Å². The Morgan fingerprint density at radius 2 is 2.00 bits per heavy atom. The van der Waals surface area contributed by atoms with Crippen LogP contribution in [0.15, 0.2) is 15.4 Å². The molecule has 0 bridgehead atoms. The van der Waals surface area contributed by atoms with Crippen molar-refractivity contribution in [2.75, 3.05) is 0 Å². The molecule has 4 nitrogen and oxygen atoms in total. The number of alkyl halides is 2. The quantitative estimate of drug-likeness (QED) is 0.843. The molecule has 1 rings (SSSR count). The molecule has 1 aromatic heterocycles. The average Bonchev–Trinajstić information content (AvgIpc) is 1.99. The summed E-state index contributed by atoms with van der Waals surface area (Å²) in [4.78, 5) is 1.86. The molecule has 0 fully saturated rings. The molecule has 1 heterocycles. The number of nitrogens with zero attached hydrogens (tertiary/aromatic N) is 1. The molecule has 0 aliphatic rings. The van der Waals surface area contributed by atoms with E-state index in [1.807, 2.05) is 0 Å². The third-order valence-electron chi connectivity index (χ3n) is 1.41. The first kappa shape index (κ1) is 12.4. The van der Waals surface area contributed by atoms with Crippen molar-refractivity contribution < 1.29 is 21.6 Å². The monoisotopic (exact) mass is 304 g/mol. The van der Waals surface area contributed by atoms with Crippen LogP contribution in [0.4, 0.5) is 13.2 Å². The van der Waals surface area contributed by atoms with Crippen molar-refractivity contribution in [3.05, 3.63) is 22.2 Å². The van der Waals surface area contributed by atoms with Gasteiger partial charge in [0, 0.05) is 4.47 Å². The predicted molar refractivity (Wildman–Crippen MR) is 48.2 cm³/mol. The molecule has 0 unspecified atom stereocenters. The maximum Gasteiger partial charge on any atom is 0.280 e. The van der Waals surface area contributed by atoms with E-state index in [4.69, 9.17) is 0 Å². The topological polar surface area (TPSA) is 73.1 Å². The zero-order chi connectivity index (χ0) is 11.8. The van der Waals surface area contributed by atoms with E-state index < -0.39 is 33.0 Å². The van der Waals surface area contributed by atoms with Gasteiger partial charge in [-0.25, -0.2) is 27.3 Å². The number of hydrogen-bond donors (Lipinski definition) is 1. The van der Waals surface area contributed by atoms with E-state index in [1.165, 1.54) is 0 Å². The molecule has 15 heavy (non-hydrogen) atoms. The molecule has 0 amide bonds. The van der Waals surface area contributed by atoms with E-state index in [0.29, 0.717) is 6.07 Å². The summed E-state index contributed by atoms with van der Waals surface area (Å²) in [6.45, 7) is 0. The summed E-state index contributed by atoms with van der Waals surface area (Å²) in [5, 5.41) is 4.66. The van der Waals surface area contributed by atoms with Crippen LogP contribution in [0.2, 0.25) is 0 Å². The normalized spacial score (nSPS) is 12.1. The van der Waals surface area contributed by atoms with Gasteiger partial charge in [-0.15, -0.1) is 0 Å². The van der Waals surface area contributed by atoms with Crippen LogP contribution in [-0.4, -0.2) is 13.4 Å². The minimum atomic E-state index is -4.34. The molecule has 0 atom stereocenters. The van der Waals surface area contributed by atoms with Gasteiger partial charge < -0.3 is 0 Å². The van der Waals surface area contributed by atoms with Crippen molar-refractivity contribution in [1.82, 2.24) is 4.98 Å². The lowest BCUT2D eigenvalue weighted by Crippen LogP contribution is -2.16. The van der Waals surface area contributed by atoms with Gasteiger partial charge in [0.25, 0.3) is 6.43 Å². The Balaban J connectivity index is 3.48. The van der Waals surface area contributed by atoms with Gasteiger partial charge in [0.1, 0.15) is 5.69 Å². The number of halogens is 4. The van der Waals surface area contributed by atoms with Crippen molar-refractivity contribution in [2.24, 2.45) is 5.14 Å². The zero-order valence-corrected chi connectivity index (χ0v) is 9.32. The molecule has 0 aromatic carbocycles. The Morgan fingerprint density at radius 1 is 1.47 bits per heavy atom. The summed E-state index contributed by atoms with van der Waals surface area (Å²) in [6, 6.07) is 0.702. The third kappa shape index (κ3) is 2.67. The fourth-order valence-electron chi connectivity index (χ4n) is 0.855. The van der Waals surface area contributed by atoms with E-state index in [1.54, 1.807) is 0 Å². The largest absolute Gasteiger partial charge is 0.280 e. The van der Waals surface area contributed by atoms with Gasteiger partial charge in [-0.05, 0) is 22.0 Å². The Labute approximate surface area is 91.5 Å². The zero-order valence-electron chi connectivity index (χ0n) is 6.92. The van der Waals surface area contributed by atoms with Gasteiger partial charge >= 0.3 is 0 Å². The molecule has 0 saturated carbocycles. The smallest absolute Gasteiger partial charge is 0.224 e. The molecule has 0 radical (unpaired) electrons. The molecule has 0 spiro atoms. The first-order valence-corrected chi connectivity index (χ1v) is 5.74. The van der Waals surface area contributed by atoms with Gasteiger partial charge in [-0.3, -0.25) is 0 Å². The second-order valence-corrected chi connectivity index (χ2v) is 4.85. The number of nitrogens with two attached hydrogens (primary N) is 1. The average molecular weight is 305 g/mol. The van der Waals surface area contributed by atoms with Gasteiger partial charge in [0.05, 0.1) is 0 Å². The molecule has 84 valence electrons. The number of pyridine rings is 1. The van der Waals surface area contributed by atoms with Gasteiger partial charge in [-0.1, -0.05) is 0 Å². The van der Waals surface area contributed by atoms with E-state index in [9.17, 15) is 21.6 Å². The minimum Gasteiger partial charge on any atom is -0.224 e. The molecule has 9 heteroatoms. The highest BCUT2D eigenvalue weighted by molar-refractivity contribution is 9.10. The molecule has 0 aliphatic heterocycles. The van der Waals surface area contributed by atoms with Crippen molar-refractivity contribution in [1.29, 1.82) is 0 Å². The van der Waals surface area contributed by atoms with Crippen molar-refractivity contribution in [3.8, 4) is 0 Å². The Morgan fingerprint density at radius 3 is 2.33 bits per heavy atom. The predicted octanol–water partition coefficient (Wildman–Crippen LogP) is 1.57. The Hall–Kier alpha value is -0.670. The maximum absolute atomic E-state index is 13.0. The highest BCUT2D eigenvalue weighted by Gasteiger charge is 2.23. The number of rotatable bonds is 2. The molecule has 1 aromatic rings. The fraction of sp³-hybridized carbons (Fsp3) is 0.167. The number of hydrogen-bond acceptors (Lipinski definition) is 3. The van der Waals surface area contributed by atoms with Crippen LogP contribution in [0.5, 0.6) is 0 Å². The van der Waals surface area contributed by atoms with Crippen molar-refractivity contribution in [3.63, 3.8) is 0 Å². The van der Waals surface area contributed by atoms with E-state index in [0.717, 1.165) is 0 Å². The second kappa shape index (κ2) is 4.06. The standard InChI is InChI=1S/C6H4BrF3N2O2S/c7-2-1-3(5(8)9)12-6(10)4(2)15(11,13)14/h1,5H,(H2,11,13,14). The minimum absolute atomic E-state index is 0.382. The van der Waals surface area contributed by atoms with Crippen LogP contribution in [-0.2, 0) is 10.0 Å². The SMILES string of the molecule is NS(=O)(=O)c1c(Br)cc(C(F)F)nc1F. The third-order valence-corrected chi connectivity index (χ3v) is 3.26. The molecule has 0 aliphatic carbocycles. The van der Waals surface area contributed by atoms with Crippen LogP contribution >= 0.6 is 15.9 Å². The highest BCUT2D eigenvalue weighted by Crippen LogP contribution is 2.27. The van der Waals surface area contributed by atoms with Crippen molar-refractivity contribution in [2.45, 2.75) is 11.3 Å². The lowest BCUT2D eigenvalue weighted by molar-refractivity contribution is 0.144. The lowest BCUT2D eigenvalue weighted by Gasteiger charge is -2.05. The summed E-state index contributed by atoms with van der Waals surface area (Å²) in [5.41, 5.74) is -0.869. The highest BCUT2D eigenvalue weighted by atomic mass is 79.9. The van der Waals surface area contributed by atoms with Crippen LogP contribution in [0.3, 0.4) is 0 Å². The van der Waals surface area contributed by atoms with E-state index in [2.05, 4.69) is 26.1 Å². The molecule has 2 N–H and O–H groups in total. The van der Waals surface area contributed by atoms with Gasteiger partial charge in [0.15, 0.2) is 4.90 Å². The summed E-state index contributed by atoms with van der Waals surface area (Å²) < 4.78 is 58.6. The maximum atomic E-state index is 13.0. The van der Waals surface area contributed by atoms with E-state index >= 15 is 0 Å². The fourth-order valence-corrected chi connectivity index (χ4v) is 2.54. The molecular weight excluding hydrogens is 301 g/mol. The molecule has 0 saturated heterocycles. The Bertz CT molecular complexity index is 468.